The highest BCUT2D eigenvalue weighted by molar-refractivity contribution is 6.16. The molecule has 144 valence electrons. The summed E-state index contributed by atoms with van der Waals surface area (Å²) in [6, 6.07) is 11.0. The third kappa shape index (κ3) is 3.10. The third-order valence-corrected chi connectivity index (χ3v) is 5.07. The van der Waals surface area contributed by atoms with Crippen molar-refractivity contribution in [2.24, 2.45) is 17.8 Å². The van der Waals surface area contributed by atoms with Gasteiger partial charge in [-0.3, -0.25) is 14.5 Å². The van der Waals surface area contributed by atoms with Gasteiger partial charge >= 0.3 is 0 Å². The fraction of sp³-hybridized carbons (Fsp3) is 0.182. The van der Waals surface area contributed by atoms with Gasteiger partial charge in [-0.15, -0.1) is 0 Å². The molecule has 0 fully saturated rings. The molecule has 2 heterocycles. The first-order valence-electron chi connectivity index (χ1n) is 9.06. The molecule has 3 aromatic rings. The minimum absolute atomic E-state index is 0.0133. The molecule has 2 aromatic carbocycles. The number of nitrogens with zero attached hydrogens (tertiary/aromatic N) is 4. The van der Waals surface area contributed by atoms with Crippen LogP contribution in [0.3, 0.4) is 0 Å². The summed E-state index contributed by atoms with van der Waals surface area (Å²) in [5.41, 5.74) is 11.8. The van der Waals surface area contributed by atoms with E-state index < -0.39 is 0 Å². The van der Waals surface area contributed by atoms with Gasteiger partial charge in [0.25, 0.3) is 0 Å². The molecular formula is C22H19N5O2. The number of methoxy groups -OCH3 is 1. The molecule has 0 saturated heterocycles. The van der Waals surface area contributed by atoms with Gasteiger partial charge in [-0.25, -0.2) is 4.85 Å². The van der Waals surface area contributed by atoms with Gasteiger partial charge in [-0.05, 0) is 23.8 Å². The van der Waals surface area contributed by atoms with E-state index >= 15 is 0 Å². The summed E-state index contributed by atoms with van der Waals surface area (Å²) in [5.74, 6) is 0.611. The standard InChI is InChI=1S/C22H19N5O2/c1-24-19-9-14(29-3)5-7-16(19)22-18(11-26-27(22)2)13-4-6-15-17(8-13)20(10-23)25-12-21(15)28/h4-9,11H,10,12,23H2,2-3H3. The molecule has 1 aliphatic heterocycles. The van der Waals surface area contributed by atoms with Crippen molar-refractivity contribution in [3.63, 3.8) is 0 Å². The van der Waals surface area contributed by atoms with E-state index in [0.717, 1.165) is 33.7 Å². The second-order valence-corrected chi connectivity index (χ2v) is 6.68. The number of nitrogens with two attached hydrogens (primary N) is 1. The minimum Gasteiger partial charge on any atom is -0.498 e. The first-order chi connectivity index (χ1) is 14.1. The molecule has 1 aromatic heterocycles. The normalized spacial score (nSPS) is 12.9. The summed E-state index contributed by atoms with van der Waals surface area (Å²) in [4.78, 5) is 20.2. The number of carbonyl (C=O) groups excluding carboxylic acids is 1. The van der Waals surface area contributed by atoms with Crippen LogP contribution in [0.15, 0.2) is 47.6 Å². The zero-order valence-corrected chi connectivity index (χ0v) is 16.1. The number of carbonyl (C=O) groups is 1. The molecule has 0 unspecified atom stereocenters. The van der Waals surface area contributed by atoms with Gasteiger partial charge in [-0.1, -0.05) is 18.2 Å². The number of benzene rings is 2. The maximum Gasteiger partial charge on any atom is 0.200 e. The molecule has 1 aliphatic rings. The first-order valence-corrected chi connectivity index (χ1v) is 9.06. The van der Waals surface area contributed by atoms with Crippen molar-refractivity contribution in [3.8, 4) is 28.1 Å². The highest BCUT2D eigenvalue weighted by Gasteiger charge is 2.22. The Balaban J connectivity index is 1.90. The van der Waals surface area contributed by atoms with E-state index in [2.05, 4.69) is 14.9 Å². The Kier molecular flexibility index (Phi) is 4.71. The largest absolute Gasteiger partial charge is 0.498 e. The topological polar surface area (TPSA) is 86.9 Å². The van der Waals surface area contributed by atoms with Crippen LogP contribution in [0, 0.1) is 6.57 Å². The highest BCUT2D eigenvalue weighted by atomic mass is 16.5. The Morgan fingerprint density at radius 3 is 2.69 bits per heavy atom. The fourth-order valence-electron chi connectivity index (χ4n) is 3.61. The van der Waals surface area contributed by atoms with Crippen LogP contribution in [0.4, 0.5) is 5.69 Å². The number of ether oxygens (including phenoxy) is 1. The molecule has 2 N–H and O–H groups in total. The average Bonchev–Trinajstić information content (AvgIpc) is 3.14. The van der Waals surface area contributed by atoms with Crippen molar-refractivity contribution in [1.29, 1.82) is 0 Å². The van der Waals surface area contributed by atoms with Crippen molar-refractivity contribution >= 4 is 17.2 Å². The number of fused-ring (bicyclic) bond motifs is 1. The number of Topliss-reactive ketones (excluding diaryl/α,β-unsaturated/α-hetero) is 1. The summed E-state index contributed by atoms with van der Waals surface area (Å²) in [6.45, 7) is 7.98. The van der Waals surface area contributed by atoms with E-state index in [9.17, 15) is 4.79 Å². The van der Waals surface area contributed by atoms with Gasteiger partial charge in [0, 0.05) is 35.8 Å². The molecule has 7 heteroatoms. The summed E-state index contributed by atoms with van der Waals surface area (Å²) < 4.78 is 6.99. The quantitative estimate of drug-likeness (QED) is 0.699. The number of rotatable bonds is 4. The Morgan fingerprint density at radius 1 is 1.17 bits per heavy atom. The van der Waals surface area contributed by atoms with Gasteiger partial charge in [0.2, 0.25) is 0 Å². The lowest BCUT2D eigenvalue weighted by atomic mass is 9.91. The average molecular weight is 385 g/mol. The van der Waals surface area contributed by atoms with Gasteiger partial charge in [-0.2, -0.15) is 5.10 Å². The molecular weight excluding hydrogens is 366 g/mol. The lowest BCUT2D eigenvalue weighted by Crippen LogP contribution is -2.24. The molecule has 0 bridgehead atoms. The monoisotopic (exact) mass is 385 g/mol. The van der Waals surface area contributed by atoms with Crippen molar-refractivity contribution in [2.45, 2.75) is 0 Å². The van der Waals surface area contributed by atoms with Crippen LogP contribution in [-0.4, -0.2) is 41.5 Å². The molecule has 0 atom stereocenters. The Bertz CT molecular complexity index is 1200. The second kappa shape index (κ2) is 7.34. The van der Waals surface area contributed by atoms with Crippen molar-refractivity contribution < 1.29 is 9.53 Å². The van der Waals surface area contributed by atoms with Gasteiger partial charge in [0.15, 0.2) is 11.5 Å². The summed E-state index contributed by atoms with van der Waals surface area (Å²) in [5, 5.41) is 4.41. The molecule has 0 amide bonds. The SMILES string of the molecule is [C-]#[N+]c1cc(OC)ccc1-c1c(-c2ccc3c(c2)C(CN)=NCC3=O)cnn1C. The number of aliphatic imine (C=N–C) groups is 1. The number of hydrogen-bond acceptors (Lipinski definition) is 5. The minimum atomic E-state index is -0.0133. The fourth-order valence-corrected chi connectivity index (χ4v) is 3.61. The maximum atomic E-state index is 12.2. The van der Waals surface area contributed by atoms with Crippen LogP contribution in [0.5, 0.6) is 5.75 Å². The van der Waals surface area contributed by atoms with Crippen LogP contribution in [-0.2, 0) is 7.05 Å². The lowest BCUT2D eigenvalue weighted by Gasteiger charge is -2.17. The smallest absolute Gasteiger partial charge is 0.200 e. The van der Waals surface area contributed by atoms with Crippen LogP contribution in [0.2, 0.25) is 0 Å². The van der Waals surface area contributed by atoms with Crippen LogP contribution < -0.4 is 10.5 Å². The molecule has 4 rings (SSSR count). The predicted molar refractivity (Wildman–Crippen MR) is 112 cm³/mol. The number of ketones is 1. The van der Waals surface area contributed by atoms with Crippen molar-refractivity contribution in [2.75, 3.05) is 20.2 Å². The maximum absolute atomic E-state index is 12.2. The molecule has 0 aliphatic carbocycles. The van der Waals surface area contributed by atoms with E-state index in [4.69, 9.17) is 17.0 Å². The Morgan fingerprint density at radius 2 is 1.97 bits per heavy atom. The van der Waals surface area contributed by atoms with Crippen molar-refractivity contribution in [3.05, 3.63) is 65.1 Å². The van der Waals surface area contributed by atoms with Crippen LogP contribution in [0.1, 0.15) is 15.9 Å². The third-order valence-electron chi connectivity index (χ3n) is 5.07. The van der Waals surface area contributed by atoms with E-state index in [1.165, 1.54) is 0 Å². The summed E-state index contributed by atoms with van der Waals surface area (Å²) in [6.07, 6.45) is 1.76. The van der Waals surface area contributed by atoms with Gasteiger partial charge in [0.05, 0.1) is 31.3 Å². The van der Waals surface area contributed by atoms with E-state index in [-0.39, 0.29) is 18.9 Å². The number of aromatic nitrogens is 2. The van der Waals surface area contributed by atoms with E-state index in [1.807, 2.05) is 37.4 Å². The van der Waals surface area contributed by atoms with Crippen LogP contribution >= 0.6 is 0 Å². The second-order valence-electron chi connectivity index (χ2n) is 6.68. The Hall–Kier alpha value is -3.76. The highest BCUT2D eigenvalue weighted by Crippen LogP contribution is 2.39. The van der Waals surface area contributed by atoms with Gasteiger partial charge < -0.3 is 10.5 Å². The first kappa shape index (κ1) is 18.6. The van der Waals surface area contributed by atoms with Crippen molar-refractivity contribution in [1.82, 2.24) is 9.78 Å². The van der Waals surface area contributed by atoms with Crippen LogP contribution in [0.25, 0.3) is 27.2 Å². The summed E-state index contributed by atoms with van der Waals surface area (Å²) >= 11 is 0. The molecule has 7 nitrogen and oxygen atoms in total. The van der Waals surface area contributed by atoms with E-state index in [1.54, 1.807) is 24.1 Å². The zero-order valence-electron chi connectivity index (χ0n) is 16.1. The lowest BCUT2D eigenvalue weighted by molar-refractivity contribution is 0.1000. The predicted octanol–water partition coefficient (Wildman–Crippen LogP) is 3.26. The number of hydrogen-bond donors (Lipinski definition) is 1. The van der Waals surface area contributed by atoms with E-state index in [0.29, 0.717) is 17.0 Å². The zero-order chi connectivity index (χ0) is 20.5. The summed E-state index contributed by atoms with van der Waals surface area (Å²) in [7, 11) is 3.41. The molecule has 0 saturated carbocycles. The molecule has 0 spiro atoms. The van der Waals surface area contributed by atoms with Gasteiger partial charge in [0.1, 0.15) is 12.3 Å². The molecule has 29 heavy (non-hydrogen) atoms. The molecule has 0 radical (unpaired) electrons. The Labute approximate surface area is 168 Å². The number of aryl methyl sites for hydroxylation is 1.